The molecule has 0 radical (unpaired) electrons. The quantitative estimate of drug-likeness (QED) is 0.473. The highest BCUT2D eigenvalue weighted by Gasteiger charge is 2.18. The lowest BCUT2D eigenvalue weighted by atomic mass is 10.1. The van der Waals surface area contributed by atoms with Crippen molar-refractivity contribution in [2.75, 3.05) is 7.11 Å². The van der Waals surface area contributed by atoms with Gasteiger partial charge in [-0.25, -0.2) is 0 Å². The summed E-state index contributed by atoms with van der Waals surface area (Å²) in [7, 11) is 1.63. The molecule has 1 N–H and O–H groups in total. The van der Waals surface area contributed by atoms with Crippen LogP contribution in [0.4, 0.5) is 0 Å². The molecule has 2 aromatic carbocycles. The number of methoxy groups -OCH3 is 1. The van der Waals surface area contributed by atoms with Crippen molar-refractivity contribution in [3.05, 3.63) is 87.2 Å². The predicted molar refractivity (Wildman–Crippen MR) is 118 cm³/mol. The van der Waals surface area contributed by atoms with Gasteiger partial charge in [-0.2, -0.15) is 0 Å². The second kappa shape index (κ2) is 8.73. The molecule has 5 nitrogen and oxygen atoms in total. The number of carboxylic acids is 1. The van der Waals surface area contributed by atoms with Gasteiger partial charge in [0.1, 0.15) is 5.75 Å². The van der Waals surface area contributed by atoms with Crippen LogP contribution in [-0.2, 0) is 19.6 Å². The van der Waals surface area contributed by atoms with Gasteiger partial charge in [-0.3, -0.25) is 0 Å². The van der Waals surface area contributed by atoms with Crippen LogP contribution in [0.2, 0.25) is 0 Å². The Balaban J connectivity index is 1.74. The van der Waals surface area contributed by atoms with Gasteiger partial charge in [0, 0.05) is 41.0 Å². The van der Waals surface area contributed by atoms with Crippen molar-refractivity contribution >= 4 is 28.2 Å². The van der Waals surface area contributed by atoms with Gasteiger partial charge in [0.05, 0.1) is 18.8 Å². The van der Waals surface area contributed by atoms with E-state index < -0.39 is 5.97 Å². The van der Waals surface area contributed by atoms with Gasteiger partial charge in [-0.1, -0.05) is 30.3 Å². The van der Waals surface area contributed by atoms with Crippen molar-refractivity contribution < 1.29 is 14.6 Å². The highest BCUT2D eigenvalue weighted by Crippen LogP contribution is 2.29. The standard InChI is InChI=1S/C24H24N2O3S/c1-16-5-10-20-21(14-25-13-19-4-3-11-30-19)23(24(27)28)26(22(20)12-16)15-17-6-8-18(29-2)9-7-17/h3-12,25H,13-15H2,1-2H3,(H,27,28)/p-1. The van der Waals surface area contributed by atoms with Crippen molar-refractivity contribution in [1.29, 1.82) is 0 Å². The molecule has 0 unspecified atom stereocenters. The number of aromatic carboxylic acids is 1. The van der Waals surface area contributed by atoms with Crippen LogP contribution in [0.3, 0.4) is 0 Å². The van der Waals surface area contributed by atoms with Gasteiger partial charge in [-0.05, 0) is 47.7 Å². The molecule has 0 saturated heterocycles. The molecule has 2 aromatic heterocycles. The average molecular weight is 420 g/mol. The molecule has 0 spiro atoms. The number of nitrogens with zero attached hydrogens (tertiary/aromatic N) is 1. The molecule has 0 aliphatic heterocycles. The Bertz CT molecular complexity index is 1160. The zero-order chi connectivity index (χ0) is 21.1. The molecule has 0 aliphatic carbocycles. The van der Waals surface area contributed by atoms with E-state index in [-0.39, 0.29) is 5.69 Å². The van der Waals surface area contributed by atoms with E-state index in [1.54, 1.807) is 18.4 Å². The first-order valence-corrected chi connectivity index (χ1v) is 10.6. The number of ether oxygens (including phenoxy) is 1. The number of hydrogen-bond donors (Lipinski definition) is 1. The van der Waals surface area contributed by atoms with E-state index in [4.69, 9.17) is 4.74 Å². The minimum atomic E-state index is -1.16. The third kappa shape index (κ3) is 4.10. The molecule has 0 fully saturated rings. The highest BCUT2D eigenvalue weighted by atomic mass is 32.1. The maximum absolute atomic E-state index is 12.2. The Morgan fingerprint density at radius 2 is 1.93 bits per heavy atom. The molecule has 6 heteroatoms. The fourth-order valence-electron chi connectivity index (χ4n) is 3.75. The van der Waals surface area contributed by atoms with Crippen molar-refractivity contribution in [2.45, 2.75) is 26.6 Å². The lowest BCUT2D eigenvalue weighted by Crippen LogP contribution is -2.28. The minimum absolute atomic E-state index is 0.227. The van der Waals surface area contributed by atoms with Crippen molar-refractivity contribution in [1.82, 2.24) is 9.88 Å². The van der Waals surface area contributed by atoms with E-state index in [0.29, 0.717) is 19.6 Å². The number of thiophene rings is 1. The van der Waals surface area contributed by atoms with Crippen molar-refractivity contribution in [3.63, 3.8) is 0 Å². The van der Waals surface area contributed by atoms with Crippen LogP contribution < -0.4 is 15.2 Å². The van der Waals surface area contributed by atoms with Crippen LogP contribution in [-0.4, -0.2) is 17.6 Å². The molecule has 4 aromatic rings. The summed E-state index contributed by atoms with van der Waals surface area (Å²) in [5, 5.41) is 18.6. The Morgan fingerprint density at radius 3 is 2.60 bits per heavy atom. The van der Waals surface area contributed by atoms with Crippen LogP contribution >= 0.6 is 11.3 Å². The smallest absolute Gasteiger partial charge is 0.118 e. The maximum atomic E-state index is 12.2. The van der Waals surface area contributed by atoms with Crippen LogP contribution in [0.5, 0.6) is 5.75 Å². The highest BCUT2D eigenvalue weighted by molar-refractivity contribution is 7.09. The zero-order valence-electron chi connectivity index (χ0n) is 17.0. The summed E-state index contributed by atoms with van der Waals surface area (Å²) in [5.41, 5.74) is 3.96. The fraction of sp³-hybridized carbons (Fsp3) is 0.208. The number of aryl methyl sites for hydroxylation is 1. The van der Waals surface area contributed by atoms with E-state index in [2.05, 4.69) is 11.4 Å². The second-order valence-electron chi connectivity index (χ2n) is 7.25. The zero-order valence-corrected chi connectivity index (χ0v) is 17.8. The first-order valence-electron chi connectivity index (χ1n) is 9.76. The monoisotopic (exact) mass is 419 g/mol. The summed E-state index contributed by atoms with van der Waals surface area (Å²) in [4.78, 5) is 13.4. The second-order valence-corrected chi connectivity index (χ2v) is 8.28. The van der Waals surface area contributed by atoms with Gasteiger partial charge >= 0.3 is 0 Å². The van der Waals surface area contributed by atoms with Crippen molar-refractivity contribution in [2.24, 2.45) is 0 Å². The van der Waals surface area contributed by atoms with E-state index in [1.807, 2.05) is 65.4 Å². The molecule has 4 rings (SSSR count). The van der Waals surface area contributed by atoms with Gasteiger partial charge in [-0.15, -0.1) is 11.3 Å². The fourth-order valence-corrected chi connectivity index (χ4v) is 4.42. The van der Waals surface area contributed by atoms with E-state index in [0.717, 1.165) is 33.3 Å². The summed E-state index contributed by atoms with van der Waals surface area (Å²) >= 11 is 1.68. The summed E-state index contributed by atoms with van der Waals surface area (Å²) in [6.07, 6.45) is 0. The van der Waals surface area contributed by atoms with E-state index in [9.17, 15) is 9.90 Å². The van der Waals surface area contributed by atoms with Crippen LogP contribution in [0.1, 0.15) is 32.1 Å². The first kappa shape index (κ1) is 20.2. The number of aromatic nitrogens is 1. The Hall–Kier alpha value is -3.09. The number of carbonyl (C=O) groups is 1. The molecular formula is C24H23N2O3S-. The Morgan fingerprint density at radius 1 is 1.13 bits per heavy atom. The van der Waals surface area contributed by atoms with Gasteiger partial charge < -0.3 is 24.5 Å². The topological polar surface area (TPSA) is 66.3 Å². The number of fused-ring (bicyclic) bond motifs is 1. The summed E-state index contributed by atoms with van der Waals surface area (Å²) in [6, 6.07) is 17.8. The number of hydrogen-bond acceptors (Lipinski definition) is 5. The lowest BCUT2D eigenvalue weighted by molar-refractivity contribution is -0.255. The van der Waals surface area contributed by atoms with Crippen LogP contribution in [0.15, 0.2) is 60.0 Å². The SMILES string of the molecule is COc1ccc(Cn2c(C(=O)[O-])c(CNCc3cccs3)c3ccc(C)cc32)cc1. The van der Waals surface area contributed by atoms with Gasteiger partial charge in [0.25, 0.3) is 0 Å². The van der Waals surface area contributed by atoms with E-state index >= 15 is 0 Å². The van der Waals surface area contributed by atoms with Gasteiger partial charge in [0.2, 0.25) is 0 Å². The minimum Gasteiger partial charge on any atom is -0.543 e. The molecule has 154 valence electrons. The number of benzene rings is 2. The van der Waals surface area contributed by atoms with Gasteiger partial charge in [0.15, 0.2) is 0 Å². The summed E-state index contributed by atoms with van der Waals surface area (Å²) in [6.45, 7) is 3.60. The summed E-state index contributed by atoms with van der Waals surface area (Å²) in [5.74, 6) is -0.393. The largest absolute Gasteiger partial charge is 0.543 e. The molecule has 2 heterocycles. The number of nitrogens with one attached hydrogen (secondary N) is 1. The molecular weight excluding hydrogens is 396 g/mol. The third-order valence-corrected chi connectivity index (χ3v) is 6.08. The maximum Gasteiger partial charge on any atom is 0.118 e. The molecule has 0 atom stereocenters. The van der Waals surface area contributed by atoms with Crippen LogP contribution in [0, 0.1) is 6.92 Å². The molecule has 0 saturated carbocycles. The lowest BCUT2D eigenvalue weighted by Gasteiger charge is -2.14. The third-order valence-electron chi connectivity index (χ3n) is 5.20. The number of rotatable bonds is 8. The van der Waals surface area contributed by atoms with Crippen LogP contribution in [0.25, 0.3) is 10.9 Å². The molecule has 0 aliphatic rings. The van der Waals surface area contributed by atoms with E-state index in [1.165, 1.54) is 4.88 Å². The number of carbonyl (C=O) groups excluding carboxylic acids is 1. The van der Waals surface area contributed by atoms with Crippen molar-refractivity contribution in [3.8, 4) is 5.75 Å². The normalized spacial score (nSPS) is 11.1. The first-order chi connectivity index (χ1) is 14.6. The predicted octanol–water partition coefficient (Wildman–Crippen LogP) is 3.72. The molecule has 0 bridgehead atoms. The molecule has 30 heavy (non-hydrogen) atoms. The average Bonchev–Trinajstić information content (AvgIpc) is 3.35. The Kier molecular flexibility index (Phi) is 5.88. The number of carboxylic acid groups (broad SMARTS) is 1. The molecule has 0 amide bonds. The Labute approximate surface area is 179 Å². The summed E-state index contributed by atoms with van der Waals surface area (Å²) < 4.78 is 7.08.